The maximum Gasteiger partial charge on any atom is 0.291 e. The van der Waals surface area contributed by atoms with Gasteiger partial charge in [0, 0.05) is 0 Å². The first-order valence-electron chi connectivity index (χ1n) is 4.81. The van der Waals surface area contributed by atoms with Crippen LogP contribution in [0.2, 0.25) is 0 Å². The molecule has 0 unspecified atom stereocenters. The Morgan fingerprint density at radius 1 is 1.38 bits per heavy atom. The lowest BCUT2D eigenvalue weighted by atomic mass is 10.2. The summed E-state index contributed by atoms with van der Waals surface area (Å²) < 4.78 is 4.94. The molecular weight excluding hydrogens is 206 g/mol. The second-order valence-electron chi connectivity index (χ2n) is 3.45. The zero-order chi connectivity index (χ0) is 11.5. The summed E-state index contributed by atoms with van der Waals surface area (Å²) >= 11 is 0. The Morgan fingerprint density at radius 2 is 2.19 bits per heavy atom. The SMILES string of the molecule is Cc1ccc(NC(=O)c2ccco2)c(O)c1. The molecule has 1 aromatic carbocycles. The van der Waals surface area contributed by atoms with E-state index in [4.69, 9.17) is 4.42 Å². The number of hydrogen-bond donors (Lipinski definition) is 2. The van der Waals surface area contributed by atoms with Crippen molar-refractivity contribution in [2.24, 2.45) is 0 Å². The lowest BCUT2D eigenvalue weighted by Gasteiger charge is -2.06. The molecule has 0 spiro atoms. The van der Waals surface area contributed by atoms with Gasteiger partial charge in [-0.05, 0) is 36.8 Å². The highest BCUT2D eigenvalue weighted by Gasteiger charge is 2.10. The number of nitrogens with one attached hydrogen (secondary N) is 1. The molecule has 1 amide bonds. The molecule has 1 heterocycles. The molecule has 82 valence electrons. The van der Waals surface area contributed by atoms with Gasteiger partial charge in [-0.3, -0.25) is 4.79 Å². The molecule has 2 N–H and O–H groups in total. The van der Waals surface area contributed by atoms with Crippen LogP contribution in [0.25, 0.3) is 0 Å². The van der Waals surface area contributed by atoms with E-state index in [9.17, 15) is 9.90 Å². The van der Waals surface area contributed by atoms with Crippen molar-refractivity contribution in [3.05, 3.63) is 47.9 Å². The van der Waals surface area contributed by atoms with Gasteiger partial charge in [-0.25, -0.2) is 0 Å². The Morgan fingerprint density at radius 3 is 2.81 bits per heavy atom. The third kappa shape index (κ3) is 2.06. The summed E-state index contributed by atoms with van der Waals surface area (Å²) in [5.74, 6) is -0.135. The van der Waals surface area contributed by atoms with Crippen LogP contribution in [-0.2, 0) is 0 Å². The average molecular weight is 217 g/mol. The van der Waals surface area contributed by atoms with Crippen molar-refractivity contribution in [3.63, 3.8) is 0 Å². The first-order valence-corrected chi connectivity index (χ1v) is 4.81. The van der Waals surface area contributed by atoms with Gasteiger partial charge in [0.05, 0.1) is 12.0 Å². The van der Waals surface area contributed by atoms with Crippen LogP contribution in [0, 0.1) is 6.92 Å². The summed E-state index contributed by atoms with van der Waals surface area (Å²) in [7, 11) is 0. The molecule has 0 radical (unpaired) electrons. The van der Waals surface area contributed by atoms with Gasteiger partial charge in [0.2, 0.25) is 0 Å². The predicted molar refractivity (Wildman–Crippen MR) is 59.5 cm³/mol. The van der Waals surface area contributed by atoms with Crippen molar-refractivity contribution in [2.75, 3.05) is 5.32 Å². The first kappa shape index (κ1) is 10.3. The Kier molecular flexibility index (Phi) is 2.64. The fraction of sp³-hybridized carbons (Fsp3) is 0.0833. The molecule has 0 saturated carbocycles. The van der Waals surface area contributed by atoms with Crippen molar-refractivity contribution in [1.82, 2.24) is 0 Å². The molecule has 4 heteroatoms. The Hall–Kier alpha value is -2.23. The van der Waals surface area contributed by atoms with E-state index in [0.717, 1.165) is 5.56 Å². The molecular formula is C12H11NO3. The normalized spacial score (nSPS) is 10.1. The van der Waals surface area contributed by atoms with Crippen molar-refractivity contribution in [2.45, 2.75) is 6.92 Å². The lowest BCUT2D eigenvalue weighted by Crippen LogP contribution is -2.10. The van der Waals surface area contributed by atoms with Crippen LogP contribution in [-0.4, -0.2) is 11.0 Å². The fourth-order valence-electron chi connectivity index (χ4n) is 1.34. The number of benzene rings is 1. The van der Waals surface area contributed by atoms with E-state index >= 15 is 0 Å². The average Bonchev–Trinajstić information content (AvgIpc) is 2.75. The van der Waals surface area contributed by atoms with Crippen LogP contribution in [0.3, 0.4) is 0 Å². The second kappa shape index (κ2) is 4.10. The third-order valence-electron chi connectivity index (χ3n) is 2.15. The number of rotatable bonds is 2. The summed E-state index contributed by atoms with van der Waals surface area (Å²) in [4.78, 5) is 11.6. The van der Waals surface area contributed by atoms with Gasteiger partial charge in [-0.2, -0.15) is 0 Å². The fourth-order valence-corrected chi connectivity index (χ4v) is 1.34. The quantitative estimate of drug-likeness (QED) is 0.760. The molecule has 1 aromatic heterocycles. The zero-order valence-electron chi connectivity index (χ0n) is 8.73. The molecule has 0 atom stereocenters. The number of amides is 1. The van der Waals surface area contributed by atoms with Crippen molar-refractivity contribution >= 4 is 11.6 Å². The molecule has 2 aromatic rings. The Bertz CT molecular complexity index is 503. The lowest BCUT2D eigenvalue weighted by molar-refractivity contribution is 0.0996. The number of aryl methyl sites for hydroxylation is 1. The molecule has 0 aliphatic carbocycles. The highest BCUT2D eigenvalue weighted by Crippen LogP contribution is 2.24. The second-order valence-corrected chi connectivity index (χ2v) is 3.45. The number of aromatic hydroxyl groups is 1. The third-order valence-corrected chi connectivity index (χ3v) is 2.15. The minimum absolute atomic E-state index is 0.0416. The van der Waals surface area contributed by atoms with E-state index in [1.54, 1.807) is 30.3 Å². The van der Waals surface area contributed by atoms with E-state index in [1.165, 1.54) is 6.26 Å². The minimum atomic E-state index is -0.385. The van der Waals surface area contributed by atoms with E-state index in [-0.39, 0.29) is 17.4 Å². The van der Waals surface area contributed by atoms with Crippen molar-refractivity contribution in [1.29, 1.82) is 0 Å². The smallest absolute Gasteiger partial charge is 0.291 e. The zero-order valence-corrected chi connectivity index (χ0v) is 8.73. The minimum Gasteiger partial charge on any atom is -0.506 e. The number of carbonyl (C=O) groups is 1. The summed E-state index contributed by atoms with van der Waals surface area (Å²) in [6, 6.07) is 8.21. The molecule has 0 bridgehead atoms. The molecule has 0 aliphatic rings. The van der Waals surface area contributed by atoms with E-state index in [1.807, 2.05) is 6.92 Å². The number of anilines is 1. The molecule has 0 aliphatic heterocycles. The monoisotopic (exact) mass is 217 g/mol. The van der Waals surface area contributed by atoms with Crippen LogP contribution in [0.1, 0.15) is 16.1 Å². The summed E-state index contributed by atoms with van der Waals surface area (Å²) in [6.45, 7) is 1.86. The largest absolute Gasteiger partial charge is 0.506 e. The number of phenols is 1. The molecule has 4 nitrogen and oxygen atoms in total. The topological polar surface area (TPSA) is 62.5 Å². The number of furan rings is 1. The number of hydrogen-bond acceptors (Lipinski definition) is 3. The van der Waals surface area contributed by atoms with Crippen molar-refractivity contribution in [3.8, 4) is 5.75 Å². The predicted octanol–water partition coefficient (Wildman–Crippen LogP) is 2.55. The summed E-state index contributed by atoms with van der Waals surface area (Å²) in [5.41, 5.74) is 1.29. The van der Waals surface area contributed by atoms with Crippen LogP contribution >= 0.6 is 0 Å². The van der Waals surface area contributed by atoms with Gasteiger partial charge >= 0.3 is 0 Å². The maximum absolute atomic E-state index is 11.6. The van der Waals surface area contributed by atoms with E-state index < -0.39 is 0 Å². The Balaban J connectivity index is 2.18. The standard InChI is InChI=1S/C12H11NO3/c1-8-4-5-9(10(14)7-8)13-12(15)11-3-2-6-16-11/h2-7,14H,1H3,(H,13,15). The number of carbonyl (C=O) groups excluding carboxylic acids is 1. The van der Waals surface area contributed by atoms with Crippen LogP contribution in [0.4, 0.5) is 5.69 Å². The van der Waals surface area contributed by atoms with Gasteiger partial charge in [-0.15, -0.1) is 0 Å². The molecule has 16 heavy (non-hydrogen) atoms. The van der Waals surface area contributed by atoms with Gasteiger partial charge in [0.15, 0.2) is 5.76 Å². The van der Waals surface area contributed by atoms with E-state index in [2.05, 4.69) is 5.32 Å². The summed E-state index contributed by atoms with van der Waals surface area (Å²) in [5, 5.41) is 12.1. The molecule has 0 saturated heterocycles. The van der Waals surface area contributed by atoms with Gasteiger partial charge in [0.25, 0.3) is 5.91 Å². The van der Waals surface area contributed by atoms with E-state index in [0.29, 0.717) is 5.69 Å². The summed E-state index contributed by atoms with van der Waals surface area (Å²) in [6.07, 6.45) is 1.42. The molecule has 0 fully saturated rings. The Labute approximate surface area is 92.5 Å². The van der Waals surface area contributed by atoms with Crippen molar-refractivity contribution < 1.29 is 14.3 Å². The van der Waals surface area contributed by atoms with Crippen LogP contribution in [0.15, 0.2) is 41.0 Å². The van der Waals surface area contributed by atoms with Crippen LogP contribution < -0.4 is 5.32 Å². The molecule has 2 rings (SSSR count). The van der Waals surface area contributed by atoms with Crippen LogP contribution in [0.5, 0.6) is 5.75 Å². The highest BCUT2D eigenvalue weighted by molar-refractivity contribution is 6.03. The first-order chi connectivity index (χ1) is 7.66. The van der Waals surface area contributed by atoms with Gasteiger partial charge in [-0.1, -0.05) is 6.07 Å². The maximum atomic E-state index is 11.6. The highest BCUT2D eigenvalue weighted by atomic mass is 16.3. The van der Waals surface area contributed by atoms with Gasteiger partial charge in [0.1, 0.15) is 5.75 Å². The number of phenolic OH excluding ortho intramolecular Hbond substituents is 1. The van der Waals surface area contributed by atoms with Gasteiger partial charge < -0.3 is 14.8 Å².